The van der Waals surface area contributed by atoms with Gasteiger partial charge >= 0.3 is 6.18 Å². The fourth-order valence-corrected chi connectivity index (χ4v) is 2.31. The molecule has 1 aromatic rings. The molecule has 0 fully saturated rings. The molecule has 1 unspecified atom stereocenters. The highest BCUT2D eigenvalue weighted by atomic mass is 19.4. The van der Waals surface area contributed by atoms with Crippen LogP contribution in [0.3, 0.4) is 0 Å². The number of anilines is 1. The van der Waals surface area contributed by atoms with Crippen molar-refractivity contribution in [2.45, 2.75) is 19.0 Å². The first-order valence-electron chi connectivity index (χ1n) is 5.63. The summed E-state index contributed by atoms with van der Waals surface area (Å²) in [5, 5.41) is 0. The lowest BCUT2D eigenvalue weighted by molar-refractivity contribution is -0.137. The van der Waals surface area contributed by atoms with Crippen molar-refractivity contribution in [1.82, 2.24) is 0 Å². The number of nitrogens with two attached hydrogens (primary N) is 1. The fraction of sp³-hybridized carbons (Fsp3) is 0.500. The predicted octanol–water partition coefficient (Wildman–Crippen LogP) is 2.59. The monoisotopic (exact) mass is 244 g/mol. The topological polar surface area (TPSA) is 29.3 Å². The second kappa shape index (κ2) is 4.22. The molecule has 0 saturated carbocycles. The molecule has 0 aromatic heterocycles. The van der Waals surface area contributed by atoms with Crippen molar-refractivity contribution in [2.24, 2.45) is 5.73 Å². The van der Waals surface area contributed by atoms with Crippen molar-refractivity contribution in [3.63, 3.8) is 0 Å². The molecule has 1 atom stereocenters. The van der Waals surface area contributed by atoms with Crippen molar-refractivity contribution in [2.75, 3.05) is 24.5 Å². The fourth-order valence-electron chi connectivity index (χ4n) is 2.31. The van der Waals surface area contributed by atoms with Crippen LogP contribution >= 0.6 is 0 Å². The molecule has 1 heterocycles. The standard InChI is InChI=1S/C12H15F3N2/c1-2-17-7-8(6-16)10-5-9(12(13,14)15)3-4-11(10)17/h3-5,8H,2,6-7,16H2,1H3. The molecule has 5 heteroatoms. The van der Waals surface area contributed by atoms with Crippen LogP contribution in [-0.4, -0.2) is 19.6 Å². The summed E-state index contributed by atoms with van der Waals surface area (Å²) in [7, 11) is 0. The second-order valence-electron chi connectivity index (χ2n) is 4.24. The average Bonchev–Trinajstić information content (AvgIpc) is 2.64. The lowest BCUT2D eigenvalue weighted by Crippen LogP contribution is -2.23. The first-order valence-corrected chi connectivity index (χ1v) is 5.63. The van der Waals surface area contributed by atoms with Gasteiger partial charge in [-0.15, -0.1) is 0 Å². The van der Waals surface area contributed by atoms with Gasteiger partial charge in [-0.2, -0.15) is 13.2 Å². The largest absolute Gasteiger partial charge is 0.416 e. The van der Waals surface area contributed by atoms with Crippen molar-refractivity contribution in [3.05, 3.63) is 29.3 Å². The molecule has 0 aliphatic carbocycles. The molecule has 0 radical (unpaired) electrons. The highest BCUT2D eigenvalue weighted by Crippen LogP contribution is 2.39. The Bertz CT molecular complexity index is 415. The molecule has 1 aromatic carbocycles. The lowest BCUT2D eigenvalue weighted by Gasteiger charge is -2.17. The molecule has 94 valence electrons. The van der Waals surface area contributed by atoms with Crippen LogP contribution in [0.5, 0.6) is 0 Å². The summed E-state index contributed by atoms with van der Waals surface area (Å²) >= 11 is 0. The van der Waals surface area contributed by atoms with E-state index in [1.165, 1.54) is 6.07 Å². The van der Waals surface area contributed by atoms with Crippen LogP contribution < -0.4 is 10.6 Å². The van der Waals surface area contributed by atoms with Crippen molar-refractivity contribution in [3.8, 4) is 0 Å². The van der Waals surface area contributed by atoms with E-state index in [0.29, 0.717) is 13.1 Å². The Balaban J connectivity index is 2.44. The number of nitrogens with zero attached hydrogens (tertiary/aromatic N) is 1. The molecule has 17 heavy (non-hydrogen) atoms. The van der Waals surface area contributed by atoms with E-state index in [1.54, 1.807) is 6.07 Å². The van der Waals surface area contributed by atoms with Gasteiger partial charge in [-0.05, 0) is 30.7 Å². The van der Waals surface area contributed by atoms with Crippen LogP contribution in [0.1, 0.15) is 24.0 Å². The van der Waals surface area contributed by atoms with Crippen LogP contribution in [-0.2, 0) is 6.18 Å². The number of benzene rings is 1. The summed E-state index contributed by atoms with van der Waals surface area (Å²) in [5.74, 6) is 0.00671. The number of likely N-dealkylation sites (N-methyl/N-ethyl adjacent to an activating group) is 1. The van der Waals surface area contributed by atoms with Crippen LogP contribution in [0.4, 0.5) is 18.9 Å². The van der Waals surface area contributed by atoms with Gasteiger partial charge in [-0.1, -0.05) is 0 Å². The highest BCUT2D eigenvalue weighted by Gasteiger charge is 2.34. The maximum absolute atomic E-state index is 12.6. The van der Waals surface area contributed by atoms with E-state index >= 15 is 0 Å². The van der Waals surface area contributed by atoms with Crippen LogP contribution in [0, 0.1) is 0 Å². The van der Waals surface area contributed by atoms with Crippen molar-refractivity contribution >= 4 is 5.69 Å². The zero-order chi connectivity index (χ0) is 12.6. The minimum absolute atomic E-state index is 0.00671. The van der Waals surface area contributed by atoms with Gasteiger partial charge in [0.2, 0.25) is 0 Å². The van der Waals surface area contributed by atoms with E-state index in [9.17, 15) is 13.2 Å². The Kier molecular flexibility index (Phi) is 3.03. The first-order chi connectivity index (χ1) is 7.97. The zero-order valence-corrected chi connectivity index (χ0v) is 9.59. The van der Waals surface area contributed by atoms with E-state index in [4.69, 9.17) is 5.73 Å². The third kappa shape index (κ3) is 2.11. The molecule has 0 bridgehead atoms. The maximum atomic E-state index is 12.6. The number of halogens is 3. The van der Waals surface area contributed by atoms with E-state index in [1.807, 2.05) is 6.92 Å². The average molecular weight is 244 g/mol. The molecular formula is C12H15F3N2. The second-order valence-corrected chi connectivity index (χ2v) is 4.24. The third-order valence-electron chi connectivity index (χ3n) is 3.24. The summed E-state index contributed by atoms with van der Waals surface area (Å²) in [4.78, 5) is 2.06. The van der Waals surface area contributed by atoms with Gasteiger partial charge in [0.1, 0.15) is 0 Å². The van der Waals surface area contributed by atoms with E-state index in [-0.39, 0.29) is 5.92 Å². The molecule has 0 spiro atoms. The Hall–Kier alpha value is -1.23. The van der Waals surface area contributed by atoms with Gasteiger partial charge in [-0.3, -0.25) is 0 Å². The van der Waals surface area contributed by atoms with Gasteiger partial charge < -0.3 is 10.6 Å². The minimum atomic E-state index is -4.28. The molecule has 1 aliphatic heterocycles. The van der Waals surface area contributed by atoms with Gasteiger partial charge in [-0.25, -0.2) is 0 Å². The quantitative estimate of drug-likeness (QED) is 0.866. The number of hydrogen-bond donors (Lipinski definition) is 1. The van der Waals surface area contributed by atoms with Gasteiger partial charge in [0, 0.05) is 31.2 Å². The van der Waals surface area contributed by atoms with Crippen molar-refractivity contribution in [1.29, 1.82) is 0 Å². The maximum Gasteiger partial charge on any atom is 0.416 e. The molecule has 0 amide bonds. The Morgan fingerprint density at radius 1 is 1.41 bits per heavy atom. The predicted molar refractivity (Wildman–Crippen MR) is 61.1 cm³/mol. The van der Waals surface area contributed by atoms with Crippen molar-refractivity contribution < 1.29 is 13.2 Å². The minimum Gasteiger partial charge on any atom is -0.371 e. The van der Waals surface area contributed by atoms with Crippen LogP contribution in [0.2, 0.25) is 0 Å². The zero-order valence-electron chi connectivity index (χ0n) is 9.59. The van der Waals surface area contributed by atoms with Gasteiger partial charge in [0.05, 0.1) is 5.56 Å². The summed E-state index contributed by atoms with van der Waals surface area (Å²) in [6.45, 7) is 3.86. The molecule has 2 N–H and O–H groups in total. The van der Waals surface area contributed by atoms with E-state index in [0.717, 1.165) is 23.9 Å². The first kappa shape index (κ1) is 12.2. The normalized spacial score (nSPS) is 19.6. The SMILES string of the molecule is CCN1CC(CN)c2cc(C(F)(F)F)ccc21. The third-order valence-corrected chi connectivity index (χ3v) is 3.24. The van der Waals surface area contributed by atoms with E-state index in [2.05, 4.69) is 4.90 Å². The number of alkyl halides is 3. The Morgan fingerprint density at radius 3 is 2.65 bits per heavy atom. The van der Waals surface area contributed by atoms with Crippen LogP contribution in [0.25, 0.3) is 0 Å². The smallest absolute Gasteiger partial charge is 0.371 e. The number of rotatable bonds is 2. The highest BCUT2D eigenvalue weighted by molar-refractivity contribution is 5.61. The molecule has 2 rings (SSSR count). The summed E-state index contributed by atoms with van der Waals surface area (Å²) in [5.41, 5.74) is 6.64. The molecular weight excluding hydrogens is 229 g/mol. The Labute approximate surface area is 98.2 Å². The summed E-state index contributed by atoms with van der Waals surface area (Å²) < 4.78 is 37.9. The summed E-state index contributed by atoms with van der Waals surface area (Å²) in [6, 6.07) is 3.93. The number of hydrogen-bond acceptors (Lipinski definition) is 2. The molecule has 0 saturated heterocycles. The molecule has 2 nitrogen and oxygen atoms in total. The van der Waals surface area contributed by atoms with E-state index < -0.39 is 11.7 Å². The van der Waals surface area contributed by atoms with Gasteiger partial charge in [0.25, 0.3) is 0 Å². The lowest BCUT2D eigenvalue weighted by atomic mass is 9.99. The molecule has 1 aliphatic rings. The van der Waals surface area contributed by atoms with Gasteiger partial charge in [0.15, 0.2) is 0 Å². The van der Waals surface area contributed by atoms with Crippen LogP contribution in [0.15, 0.2) is 18.2 Å². The summed E-state index contributed by atoms with van der Waals surface area (Å²) in [6.07, 6.45) is -4.28. The number of fused-ring (bicyclic) bond motifs is 1. The Morgan fingerprint density at radius 2 is 2.12 bits per heavy atom.